The van der Waals surface area contributed by atoms with E-state index in [2.05, 4.69) is 15.8 Å². The van der Waals surface area contributed by atoms with Crippen LogP contribution in [0.25, 0.3) is 0 Å². The molecule has 0 aliphatic carbocycles. The van der Waals surface area contributed by atoms with E-state index in [1.165, 1.54) is 12.5 Å². The van der Waals surface area contributed by atoms with Crippen molar-refractivity contribution >= 4 is 35.3 Å². The highest BCUT2D eigenvalue weighted by molar-refractivity contribution is 6.30. The molecule has 0 aliphatic rings. The fraction of sp³-hybridized carbons (Fsp3) is 0.133. The zero-order valence-corrected chi connectivity index (χ0v) is 12.3. The number of furan rings is 1. The number of anilines is 1. The van der Waals surface area contributed by atoms with Gasteiger partial charge in [-0.3, -0.25) is 9.59 Å². The highest BCUT2D eigenvalue weighted by Gasteiger charge is 2.07. The van der Waals surface area contributed by atoms with E-state index < -0.39 is 0 Å². The molecule has 2 N–H and O–H groups in total. The van der Waals surface area contributed by atoms with Gasteiger partial charge in [0.05, 0.1) is 12.5 Å². The minimum atomic E-state index is -0.357. The summed E-state index contributed by atoms with van der Waals surface area (Å²) in [5, 5.41) is 6.91. The van der Waals surface area contributed by atoms with Gasteiger partial charge in [-0.25, -0.2) is 5.43 Å². The molecule has 0 aliphatic heterocycles. The van der Waals surface area contributed by atoms with Crippen molar-refractivity contribution in [1.29, 1.82) is 0 Å². The molecule has 22 heavy (non-hydrogen) atoms. The van der Waals surface area contributed by atoms with Crippen molar-refractivity contribution in [3.63, 3.8) is 0 Å². The van der Waals surface area contributed by atoms with Gasteiger partial charge in [-0.1, -0.05) is 17.7 Å². The Balaban J connectivity index is 1.70. The molecule has 6 nitrogen and oxygen atoms in total. The molecule has 0 atom stereocenters. The summed E-state index contributed by atoms with van der Waals surface area (Å²) in [6.07, 6.45) is 2.96. The summed E-state index contributed by atoms with van der Waals surface area (Å²) in [7, 11) is 0. The summed E-state index contributed by atoms with van der Waals surface area (Å²) in [5.74, 6) is -0.101. The first kappa shape index (κ1) is 15.8. The lowest BCUT2D eigenvalue weighted by Gasteiger charge is -2.05. The van der Waals surface area contributed by atoms with E-state index in [1.54, 1.807) is 36.4 Å². The van der Waals surface area contributed by atoms with Crippen molar-refractivity contribution < 1.29 is 14.0 Å². The van der Waals surface area contributed by atoms with E-state index in [4.69, 9.17) is 16.0 Å². The van der Waals surface area contributed by atoms with Gasteiger partial charge in [0.2, 0.25) is 11.8 Å². The molecule has 0 fully saturated rings. The van der Waals surface area contributed by atoms with Gasteiger partial charge in [0.15, 0.2) is 0 Å². The Kier molecular flexibility index (Phi) is 5.73. The topological polar surface area (TPSA) is 83.7 Å². The second kappa shape index (κ2) is 7.99. The van der Waals surface area contributed by atoms with Crippen LogP contribution in [0.15, 0.2) is 52.2 Å². The maximum absolute atomic E-state index is 11.7. The largest absolute Gasteiger partial charge is 0.463 e. The monoisotopic (exact) mass is 319 g/mol. The lowest BCUT2D eigenvalue weighted by molar-refractivity contribution is -0.124. The molecule has 1 heterocycles. The summed E-state index contributed by atoms with van der Waals surface area (Å²) < 4.78 is 5.01. The molecule has 0 saturated heterocycles. The van der Waals surface area contributed by atoms with Gasteiger partial charge in [-0.15, -0.1) is 0 Å². The maximum Gasteiger partial charge on any atom is 0.240 e. The zero-order chi connectivity index (χ0) is 15.8. The third-order valence-electron chi connectivity index (χ3n) is 2.61. The molecular formula is C15H14ClN3O3. The predicted octanol–water partition coefficient (Wildman–Crippen LogP) is 2.80. The summed E-state index contributed by atoms with van der Waals surface area (Å²) in [5.41, 5.74) is 2.91. The van der Waals surface area contributed by atoms with E-state index >= 15 is 0 Å². The van der Waals surface area contributed by atoms with Gasteiger partial charge in [0, 0.05) is 23.6 Å². The highest BCUT2D eigenvalue weighted by atomic mass is 35.5. The van der Waals surface area contributed by atoms with Gasteiger partial charge in [0.1, 0.15) is 5.76 Å². The Morgan fingerprint density at radius 3 is 2.73 bits per heavy atom. The summed E-state index contributed by atoms with van der Waals surface area (Å²) in [6.45, 7) is 0. The Morgan fingerprint density at radius 2 is 2.00 bits per heavy atom. The molecular weight excluding hydrogens is 306 g/mol. The average Bonchev–Trinajstić information content (AvgIpc) is 2.98. The quantitative estimate of drug-likeness (QED) is 0.634. The molecule has 2 amide bonds. The summed E-state index contributed by atoms with van der Waals surface area (Å²) >= 11 is 5.82. The first-order valence-electron chi connectivity index (χ1n) is 6.54. The van der Waals surface area contributed by atoms with E-state index in [-0.39, 0.29) is 24.7 Å². The van der Waals surface area contributed by atoms with Crippen LogP contribution in [0.5, 0.6) is 0 Å². The summed E-state index contributed by atoms with van der Waals surface area (Å²) in [4.78, 5) is 23.2. The molecule has 0 saturated carbocycles. The Hall–Kier alpha value is -2.60. The van der Waals surface area contributed by atoms with E-state index in [1.807, 2.05) is 0 Å². The van der Waals surface area contributed by atoms with E-state index in [0.717, 1.165) is 0 Å². The number of rotatable bonds is 6. The Bertz CT molecular complexity index is 668. The van der Waals surface area contributed by atoms with Crippen molar-refractivity contribution in [3.05, 3.63) is 53.4 Å². The number of halogens is 1. The van der Waals surface area contributed by atoms with Crippen LogP contribution in [0.3, 0.4) is 0 Å². The molecule has 7 heteroatoms. The second-order valence-electron chi connectivity index (χ2n) is 4.37. The molecule has 0 bridgehead atoms. The normalized spacial score (nSPS) is 10.6. The van der Waals surface area contributed by atoms with Gasteiger partial charge in [0.25, 0.3) is 0 Å². The molecule has 0 radical (unpaired) electrons. The number of nitrogens with one attached hydrogen (secondary N) is 2. The molecule has 114 valence electrons. The van der Waals surface area contributed by atoms with Gasteiger partial charge >= 0.3 is 0 Å². The SMILES string of the molecule is O=C(CCC(=O)Nc1cccc(Cl)c1)NN=Cc1ccco1. The fourth-order valence-corrected chi connectivity index (χ4v) is 1.80. The molecule has 1 aromatic heterocycles. The summed E-state index contributed by atoms with van der Waals surface area (Å²) in [6, 6.07) is 10.2. The zero-order valence-electron chi connectivity index (χ0n) is 11.6. The second-order valence-corrected chi connectivity index (χ2v) is 4.80. The van der Waals surface area contributed by atoms with Crippen LogP contribution in [0.4, 0.5) is 5.69 Å². The van der Waals surface area contributed by atoms with Crippen LogP contribution >= 0.6 is 11.6 Å². The standard InChI is InChI=1S/C15H14ClN3O3/c16-11-3-1-4-12(9-11)18-14(20)6-7-15(21)19-17-10-13-5-2-8-22-13/h1-5,8-10H,6-7H2,(H,18,20)(H,19,21). The van der Waals surface area contributed by atoms with Crippen LogP contribution in [-0.2, 0) is 9.59 Å². The number of carbonyl (C=O) groups excluding carboxylic acids is 2. The molecule has 2 rings (SSSR count). The molecule has 2 aromatic rings. The number of amides is 2. The molecule has 1 aromatic carbocycles. The van der Waals surface area contributed by atoms with Gasteiger partial charge < -0.3 is 9.73 Å². The van der Waals surface area contributed by atoms with Crippen LogP contribution in [0.2, 0.25) is 5.02 Å². The number of benzene rings is 1. The number of hydrazone groups is 1. The third kappa shape index (κ3) is 5.41. The molecule has 0 spiro atoms. The number of hydrogen-bond donors (Lipinski definition) is 2. The number of carbonyl (C=O) groups is 2. The number of hydrogen-bond acceptors (Lipinski definition) is 4. The van der Waals surface area contributed by atoms with Crippen LogP contribution in [-0.4, -0.2) is 18.0 Å². The van der Waals surface area contributed by atoms with E-state index in [9.17, 15) is 9.59 Å². The molecule has 0 unspecified atom stereocenters. The van der Waals surface area contributed by atoms with Crippen molar-refractivity contribution in [2.45, 2.75) is 12.8 Å². The van der Waals surface area contributed by atoms with Crippen LogP contribution < -0.4 is 10.7 Å². The lowest BCUT2D eigenvalue weighted by atomic mass is 10.2. The van der Waals surface area contributed by atoms with Gasteiger partial charge in [-0.2, -0.15) is 5.10 Å². The van der Waals surface area contributed by atoms with Gasteiger partial charge in [-0.05, 0) is 30.3 Å². The van der Waals surface area contributed by atoms with Crippen LogP contribution in [0, 0.1) is 0 Å². The van der Waals surface area contributed by atoms with Crippen molar-refractivity contribution in [2.24, 2.45) is 5.10 Å². The first-order chi connectivity index (χ1) is 10.6. The van der Waals surface area contributed by atoms with Crippen LogP contribution in [0.1, 0.15) is 18.6 Å². The first-order valence-corrected chi connectivity index (χ1v) is 6.92. The highest BCUT2D eigenvalue weighted by Crippen LogP contribution is 2.15. The third-order valence-corrected chi connectivity index (χ3v) is 2.85. The maximum atomic E-state index is 11.7. The Labute approximate surface area is 132 Å². The minimum Gasteiger partial charge on any atom is -0.463 e. The van der Waals surface area contributed by atoms with E-state index in [0.29, 0.717) is 16.5 Å². The average molecular weight is 320 g/mol. The number of nitrogens with zero attached hydrogens (tertiary/aromatic N) is 1. The minimum absolute atomic E-state index is 0.0297. The smallest absolute Gasteiger partial charge is 0.240 e. The van der Waals surface area contributed by atoms with Crippen molar-refractivity contribution in [2.75, 3.05) is 5.32 Å². The fourth-order valence-electron chi connectivity index (χ4n) is 1.61. The van der Waals surface area contributed by atoms with Crippen molar-refractivity contribution in [3.8, 4) is 0 Å². The van der Waals surface area contributed by atoms with Crippen molar-refractivity contribution in [1.82, 2.24) is 5.43 Å². The lowest BCUT2D eigenvalue weighted by Crippen LogP contribution is -2.20. The Morgan fingerprint density at radius 1 is 1.18 bits per heavy atom. The predicted molar refractivity (Wildman–Crippen MR) is 83.8 cm³/mol.